The van der Waals surface area contributed by atoms with E-state index in [0.717, 1.165) is 39.3 Å². The number of pyridine rings is 1. The van der Waals surface area contributed by atoms with E-state index in [4.69, 9.17) is 4.74 Å². The maximum Gasteiger partial charge on any atom is 0.295 e. The molecule has 2 saturated heterocycles. The van der Waals surface area contributed by atoms with Crippen LogP contribution in [0, 0.1) is 0 Å². The lowest BCUT2D eigenvalue weighted by Gasteiger charge is -2.29. The van der Waals surface area contributed by atoms with Gasteiger partial charge in [0.05, 0.1) is 24.8 Å². The number of ketones is 1. The number of nitrogens with zero attached hydrogens (tertiary/aromatic N) is 3. The molecule has 2 aromatic rings. The van der Waals surface area contributed by atoms with E-state index in [1.54, 1.807) is 47.6 Å². The summed E-state index contributed by atoms with van der Waals surface area (Å²) in [6, 6.07) is 11.8. The SMILES string of the molecule is O=C1C(=O)N(CCCN2CCOCC2)[C@H](c2cccnc2)/C1=C(\O)c1ccccc1. The number of Topliss-reactive ketones (excluding diaryl/α,β-unsaturated/α-hetero) is 1. The number of hydrogen-bond acceptors (Lipinski definition) is 6. The normalized spacial score (nSPS) is 21.9. The molecule has 1 atom stereocenters. The average molecular weight is 407 g/mol. The first-order chi connectivity index (χ1) is 14.7. The number of ether oxygens (including phenoxy) is 1. The van der Waals surface area contributed by atoms with E-state index in [0.29, 0.717) is 17.7 Å². The van der Waals surface area contributed by atoms with Crippen LogP contribution in [0.1, 0.15) is 23.6 Å². The summed E-state index contributed by atoms with van der Waals surface area (Å²) in [7, 11) is 0. The van der Waals surface area contributed by atoms with Crippen LogP contribution in [0.2, 0.25) is 0 Å². The third-order valence-electron chi connectivity index (χ3n) is 5.56. The van der Waals surface area contributed by atoms with E-state index in [2.05, 4.69) is 9.88 Å². The van der Waals surface area contributed by atoms with Gasteiger partial charge in [0.15, 0.2) is 0 Å². The molecule has 0 saturated carbocycles. The molecule has 2 aliphatic rings. The number of aromatic nitrogens is 1. The molecule has 0 radical (unpaired) electrons. The molecule has 2 aliphatic heterocycles. The van der Waals surface area contributed by atoms with Crippen LogP contribution in [-0.2, 0) is 14.3 Å². The Morgan fingerprint density at radius 2 is 1.83 bits per heavy atom. The lowest BCUT2D eigenvalue weighted by atomic mass is 9.96. The van der Waals surface area contributed by atoms with Gasteiger partial charge in [0.2, 0.25) is 0 Å². The van der Waals surface area contributed by atoms with Crippen LogP contribution in [-0.4, -0.2) is 71.0 Å². The van der Waals surface area contributed by atoms with E-state index in [1.165, 1.54) is 0 Å². The maximum atomic E-state index is 12.9. The van der Waals surface area contributed by atoms with Gasteiger partial charge >= 0.3 is 0 Å². The largest absolute Gasteiger partial charge is 0.507 e. The van der Waals surface area contributed by atoms with E-state index in [1.807, 2.05) is 12.1 Å². The second-order valence-corrected chi connectivity index (χ2v) is 7.45. The fourth-order valence-corrected chi connectivity index (χ4v) is 4.04. The van der Waals surface area contributed by atoms with Crippen molar-refractivity contribution in [3.63, 3.8) is 0 Å². The minimum absolute atomic E-state index is 0.116. The molecule has 7 heteroatoms. The van der Waals surface area contributed by atoms with Crippen molar-refractivity contribution in [3.05, 3.63) is 71.6 Å². The van der Waals surface area contributed by atoms with Crippen LogP contribution in [0.3, 0.4) is 0 Å². The molecule has 0 unspecified atom stereocenters. The van der Waals surface area contributed by atoms with Crippen LogP contribution in [0.15, 0.2) is 60.4 Å². The Bertz CT molecular complexity index is 924. The molecule has 1 aromatic heterocycles. The monoisotopic (exact) mass is 407 g/mol. The minimum atomic E-state index is -0.656. The van der Waals surface area contributed by atoms with Crippen LogP contribution in [0.5, 0.6) is 0 Å². The second kappa shape index (κ2) is 9.19. The minimum Gasteiger partial charge on any atom is -0.507 e. The van der Waals surface area contributed by atoms with Crippen molar-refractivity contribution >= 4 is 17.4 Å². The molecule has 3 heterocycles. The maximum absolute atomic E-state index is 12.9. The van der Waals surface area contributed by atoms with Gasteiger partial charge in [-0.15, -0.1) is 0 Å². The van der Waals surface area contributed by atoms with Gasteiger partial charge in [-0.3, -0.25) is 19.5 Å². The zero-order valence-electron chi connectivity index (χ0n) is 16.7. The summed E-state index contributed by atoms with van der Waals surface area (Å²) in [4.78, 5) is 33.8. The van der Waals surface area contributed by atoms with Gasteiger partial charge in [-0.25, -0.2) is 0 Å². The van der Waals surface area contributed by atoms with E-state index in [9.17, 15) is 14.7 Å². The molecule has 30 heavy (non-hydrogen) atoms. The number of carbonyl (C=O) groups excluding carboxylic acids is 2. The zero-order valence-corrected chi connectivity index (χ0v) is 16.7. The molecule has 156 valence electrons. The molecule has 4 rings (SSSR count). The standard InChI is InChI=1S/C23H25N3O4/c27-21(17-6-2-1-3-7-17)19-20(18-8-4-9-24-16-18)26(23(29)22(19)28)11-5-10-25-12-14-30-15-13-25/h1-4,6-9,16,20,27H,5,10-15H2/b21-19+/t20-/m1/s1. The highest BCUT2D eigenvalue weighted by atomic mass is 16.5. The van der Waals surface area contributed by atoms with Gasteiger partial charge in [-0.2, -0.15) is 0 Å². The molecular formula is C23H25N3O4. The first-order valence-corrected chi connectivity index (χ1v) is 10.2. The first kappa shape index (κ1) is 20.3. The van der Waals surface area contributed by atoms with E-state index < -0.39 is 17.7 Å². The first-order valence-electron chi connectivity index (χ1n) is 10.2. The van der Waals surface area contributed by atoms with Crippen LogP contribution in [0.25, 0.3) is 5.76 Å². The Morgan fingerprint density at radius 3 is 2.53 bits per heavy atom. The number of hydrogen-bond donors (Lipinski definition) is 1. The molecule has 7 nitrogen and oxygen atoms in total. The van der Waals surface area contributed by atoms with Crippen molar-refractivity contribution in [1.29, 1.82) is 0 Å². The topological polar surface area (TPSA) is 83.0 Å². The Labute approximate surface area is 175 Å². The molecule has 2 fully saturated rings. The predicted molar refractivity (Wildman–Crippen MR) is 112 cm³/mol. The van der Waals surface area contributed by atoms with E-state index in [-0.39, 0.29) is 11.3 Å². The van der Waals surface area contributed by atoms with Gasteiger partial charge in [0, 0.05) is 44.1 Å². The predicted octanol–water partition coefficient (Wildman–Crippen LogP) is 2.23. The third kappa shape index (κ3) is 4.13. The van der Waals surface area contributed by atoms with E-state index >= 15 is 0 Å². The van der Waals surface area contributed by atoms with Gasteiger partial charge < -0.3 is 14.7 Å². The number of carbonyl (C=O) groups is 2. The second-order valence-electron chi connectivity index (χ2n) is 7.45. The quantitative estimate of drug-likeness (QED) is 0.449. The van der Waals surface area contributed by atoms with Crippen molar-refractivity contribution in [2.45, 2.75) is 12.5 Å². The highest BCUT2D eigenvalue weighted by molar-refractivity contribution is 6.46. The molecule has 0 bridgehead atoms. The zero-order chi connectivity index (χ0) is 20.9. The number of benzene rings is 1. The summed E-state index contributed by atoms with van der Waals surface area (Å²) in [6.45, 7) is 4.43. The summed E-state index contributed by atoms with van der Waals surface area (Å²) in [5.74, 6) is -1.39. The fourth-order valence-electron chi connectivity index (χ4n) is 4.04. The summed E-state index contributed by atoms with van der Waals surface area (Å²) >= 11 is 0. The molecule has 0 aliphatic carbocycles. The number of morpholine rings is 1. The lowest BCUT2D eigenvalue weighted by molar-refractivity contribution is -0.140. The lowest BCUT2D eigenvalue weighted by Crippen LogP contribution is -2.39. The Morgan fingerprint density at radius 1 is 1.07 bits per heavy atom. The molecule has 0 spiro atoms. The highest BCUT2D eigenvalue weighted by Gasteiger charge is 2.45. The van der Waals surface area contributed by atoms with Gasteiger partial charge in [0.1, 0.15) is 5.76 Å². The number of likely N-dealkylation sites (tertiary alicyclic amines) is 1. The Hall–Kier alpha value is -3.03. The van der Waals surface area contributed by atoms with Crippen molar-refractivity contribution in [3.8, 4) is 0 Å². The van der Waals surface area contributed by atoms with Gasteiger partial charge in [-0.1, -0.05) is 36.4 Å². The average Bonchev–Trinajstić information content (AvgIpc) is 3.05. The van der Waals surface area contributed by atoms with Crippen molar-refractivity contribution < 1.29 is 19.4 Å². The number of amides is 1. The Balaban J connectivity index is 1.63. The number of aliphatic hydroxyl groups is 1. The smallest absolute Gasteiger partial charge is 0.295 e. The summed E-state index contributed by atoms with van der Waals surface area (Å²) in [6.07, 6.45) is 4.02. The third-order valence-corrected chi connectivity index (χ3v) is 5.56. The van der Waals surface area contributed by atoms with Crippen molar-refractivity contribution in [2.24, 2.45) is 0 Å². The number of rotatable bonds is 6. The van der Waals surface area contributed by atoms with Crippen molar-refractivity contribution in [1.82, 2.24) is 14.8 Å². The van der Waals surface area contributed by atoms with Crippen LogP contribution < -0.4 is 0 Å². The summed E-state index contributed by atoms with van der Waals surface area (Å²) in [5.41, 5.74) is 1.34. The number of aliphatic hydroxyl groups excluding tert-OH is 1. The summed E-state index contributed by atoms with van der Waals surface area (Å²) in [5, 5.41) is 10.9. The highest BCUT2D eigenvalue weighted by Crippen LogP contribution is 2.39. The molecular weight excluding hydrogens is 382 g/mol. The Kier molecular flexibility index (Phi) is 6.21. The van der Waals surface area contributed by atoms with Crippen LogP contribution in [0.4, 0.5) is 0 Å². The van der Waals surface area contributed by atoms with Crippen LogP contribution >= 0.6 is 0 Å². The van der Waals surface area contributed by atoms with Crippen molar-refractivity contribution in [2.75, 3.05) is 39.4 Å². The molecule has 1 N–H and O–H groups in total. The molecule has 1 aromatic carbocycles. The van der Waals surface area contributed by atoms with Gasteiger partial charge in [-0.05, 0) is 18.1 Å². The molecule has 1 amide bonds. The fraction of sp³-hybridized carbons (Fsp3) is 0.348. The summed E-state index contributed by atoms with van der Waals surface area (Å²) < 4.78 is 5.38. The van der Waals surface area contributed by atoms with Gasteiger partial charge in [0.25, 0.3) is 11.7 Å².